The summed E-state index contributed by atoms with van der Waals surface area (Å²) in [6.07, 6.45) is 0.367. The number of carbonyl (C=O) groups is 1. The first-order valence-corrected chi connectivity index (χ1v) is 9.52. The lowest BCUT2D eigenvalue weighted by Gasteiger charge is -2.39. The van der Waals surface area contributed by atoms with Gasteiger partial charge in [-0.05, 0) is 24.3 Å². The standard InChI is InChI=1S/C21H21FN4O4/c1-28-11-10-19-24-20(30-25-19)15-6-2-5-9-18(15)29-14-12-26(13-14)21(27)23-17-8-4-3-7-16(17)22/h2-9,14H,10-13H2,1H3,(H,23,27). The van der Waals surface area contributed by atoms with E-state index in [4.69, 9.17) is 14.0 Å². The van der Waals surface area contributed by atoms with Crippen molar-refractivity contribution in [2.24, 2.45) is 0 Å². The Labute approximate surface area is 172 Å². The van der Waals surface area contributed by atoms with Crippen LogP contribution < -0.4 is 10.1 Å². The molecule has 1 aliphatic rings. The van der Waals surface area contributed by atoms with Gasteiger partial charge < -0.3 is 24.2 Å². The zero-order chi connectivity index (χ0) is 20.9. The van der Waals surface area contributed by atoms with Gasteiger partial charge in [0, 0.05) is 13.5 Å². The molecule has 2 amide bonds. The van der Waals surface area contributed by atoms with Gasteiger partial charge in [-0.15, -0.1) is 0 Å². The van der Waals surface area contributed by atoms with E-state index < -0.39 is 5.82 Å². The summed E-state index contributed by atoms with van der Waals surface area (Å²) in [6, 6.07) is 13.0. The topological polar surface area (TPSA) is 89.7 Å². The third-order valence-corrected chi connectivity index (χ3v) is 4.66. The zero-order valence-electron chi connectivity index (χ0n) is 16.4. The lowest BCUT2D eigenvalue weighted by Crippen LogP contribution is -2.57. The molecule has 0 aliphatic carbocycles. The van der Waals surface area contributed by atoms with Gasteiger partial charge in [0.05, 0.1) is 30.9 Å². The highest BCUT2D eigenvalue weighted by Gasteiger charge is 2.33. The van der Waals surface area contributed by atoms with Gasteiger partial charge in [-0.25, -0.2) is 9.18 Å². The smallest absolute Gasteiger partial charge is 0.322 e. The van der Waals surface area contributed by atoms with Gasteiger partial charge in [0.25, 0.3) is 5.89 Å². The third kappa shape index (κ3) is 4.41. The van der Waals surface area contributed by atoms with E-state index >= 15 is 0 Å². The van der Waals surface area contributed by atoms with Crippen molar-refractivity contribution in [1.29, 1.82) is 0 Å². The van der Waals surface area contributed by atoms with Crippen LogP contribution in [0.15, 0.2) is 53.1 Å². The van der Waals surface area contributed by atoms with Crippen molar-refractivity contribution in [3.05, 3.63) is 60.2 Å². The minimum atomic E-state index is -0.475. The fourth-order valence-electron chi connectivity index (χ4n) is 3.02. The quantitative estimate of drug-likeness (QED) is 0.640. The highest BCUT2D eigenvalue weighted by molar-refractivity contribution is 5.90. The summed E-state index contributed by atoms with van der Waals surface area (Å²) in [6.45, 7) is 1.28. The van der Waals surface area contributed by atoms with E-state index in [2.05, 4.69) is 15.5 Å². The van der Waals surface area contributed by atoms with Gasteiger partial charge in [-0.1, -0.05) is 29.4 Å². The van der Waals surface area contributed by atoms with Crippen LogP contribution in [0.4, 0.5) is 14.9 Å². The number of hydrogen-bond donors (Lipinski definition) is 1. The van der Waals surface area contributed by atoms with Crippen LogP contribution in [-0.2, 0) is 11.2 Å². The predicted molar refractivity (Wildman–Crippen MR) is 107 cm³/mol. The van der Waals surface area contributed by atoms with Gasteiger partial charge in [-0.3, -0.25) is 0 Å². The van der Waals surface area contributed by atoms with Crippen molar-refractivity contribution < 1.29 is 23.2 Å². The number of aromatic nitrogens is 2. The Bertz CT molecular complexity index is 1020. The maximum Gasteiger partial charge on any atom is 0.322 e. The number of nitrogens with zero attached hydrogens (tertiary/aromatic N) is 3. The van der Waals surface area contributed by atoms with Crippen molar-refractivity contribution in [2.75, 3.05) is 32.1 Å². The van der Waals surface area contributed by atoms with Crippen molar-refractivity contribution in [3.8, 4) is 17.2 Å². The Morgan fingerprint density at radius 3 is 2.80 bits per heavy atom. The van der Waals surface area contributed by atoms with Crippen molar-refractivity contribution in [2.45, 2.75) is 12.5 Å². The van der Waals surface area contributed by atoms with E-state index in [0.29, 0.717) is 49.1 Å². The maximum absolute atomic E-state index is 13.7. The van der Waals surface area contributed by atoms with E-state index in [1.165, 1.54) is 12.1 Å². The first kappa shape index (κ1) is 19.8. The molecule has 156 valence electrons. The maximum atomic E-state index is 13.7. The number of likely N-dealkylation sites (tertiary alicyclic amines) is 1. The number of rotatable bonds is 7. The predicted octanol–water partition coefficient (Wildman–Crippen LogP) is 3.36. The summed E-state index contributed by atoms with van der Waals surface area (Å²) < 4.78 is 30.1. The first-order chi connectivity index (χ1) is 14.6. The molecule has 0 unspecified atom stereocenters. The molecule has 4 rings (SSSR count). The molecular weight excluding hydrogens is 391 g/mol. The second-order valence-electron chi connectivity index (χ2n) is 6.81. The molecule has 0 spiro atoms. The molecule has 30 heavy (non-hydrogen) atoms. The minimum Gasteiger partial charge on any atom is -0.486 e. The molecule has 1 saturated heterocycles. The zero-order valence-corrected chi connectivity index (χ0v) is 16.4. The van der Waals surface area contributed by atoms with Crippen LogP contribution in [0.1, 0.15) is 5.82 Å². The number of nitrogens with one attached hydrogen (secondary N) is 1. The molecule has 1 aromatic heterocycles. The fraction of sp³-hybridized carbons (Fsp3) is 0.286. The first-order valence-electron chi connectivity index (χ1n) is 9.52. The van der Waals surface area contributed by atoms with E-state index in [1.807, 2.05) is 24.3 Å². The number of amides is 2. The number of anilines is 1. The summed E-state index contributed by atoms with van der Waals surface area (Å²) in [5.41, 5.74) is 0.834. The number of urea groups is 1. The average molecular weight is 412 g/mol. The van der Waals surface area contributed by atoms with Crippen LogP contribution in [0.25, 0.3) is 11.5 Å². The third-order valence-electron chi connectivity index (χ3n) is 4.66. The molecule has 3 aromatic rings. The number of methoxy groups -OCH3 is 1. The van der Waals surface area contributed by atoms with Gasteiger partial charge >= 0.3 is 6.03 Å². The number of hydrogen-bond acceptors (Lipinski definition) is 6. The number of benzene rings is 2. The second-order valence-corrected chi connectivity index (χ2v) is 6.81. The van der Waals surface area contributed by atoms with E-state index in [9.17, 15) is 9.18 Å². The minimum absolute atomic E-state index is 0.151. The van der Waals surface area contributed by atoms with E-state index in [1.54, 1.807) is 24.1 Å². The van der Waals surface area contributed by atoms with Crippen LogP contribution in [-0.4, -0.2) is 54.0 Å². The monoisotopic (exact) mass is 412 g/mol. The Hall–Kier alpha value is -3.46. The Kier molecular flexibility index (Phi) is 5.89. The number of ether oxygens (including phenoxy) is 2. The van der Waals surface area contributed by atoms with Gasteiger partial charge in [0.15, 0.2) is 5.82 Å². The van der Waals surface area contributed by atoms with Crippen molar-refractivity contribution in [3.63, 3.8) is 0 Å². The van der Waals surface area contributed by atoms with Gasteiger partial charge in [-0.2, -0.15) is 4.98 Å². The van der Waals surface area contributed by atoms with Crippen LogP contribution >= 0.6 is 0 Å². The molecule has 9 heteroatoms. The largest absolute Gasteiger partial charge is 0.486 e. The molecule has 2 heterocycles. The van der Waals surface area contributed by atoms with Crippen LogP contribution in [0, 0.1) is 5.82 Å². The normalized spacial score (nSPS) is 13.7. The van der Waals surface area contributed by atoms with Crippen molar-refractivity contribution >= 4 is 11.7 Å². The summed E-state index contributed by atoms with van der Waals surface area (Å²) in [7, 11) is 1.61. The van der Waals surface area contributed by atoms with Crippen LogP contribution in [0.2, 0.25) is 0 Å². The number of halogens is 1. The molecule has 8 nitrogen and oxygen atoms in total. The SMILES string of the molecule is COCCc1noc(-c2ccccc2OC2CN(C(=O)Nc3ccccc3F)C2)n1. The molecule has 2 aromatic carbocycles. The van der Waals surface area contributed by atoms with E-state index in [0.717, 1.165) is 0 Å². The molecule has 1 N–H and O–H groups in total. The molecule has 0 saturated carbocycles. The summed E-state index contributed by atoms with van der Waals surface area (Å²) in [5, 5.41) is 6.52. The second kappa shape index (κ2) is 8.91. The fourth-order valence-corrected chi connectivity index (χ4v) is 3.02. The lowest BCUT2D eigenvalue weighted by atomic mass is 10.1. The van der Waals surface area contributed by atoms with Gasteiger partial charge in [0.1, 0.15) is 17.7 Å². The molecule has 1 aliphatic heterocycles. The molecule has 0 atom stereocenters. The Balaban J connectivity index is 1.36. The number of para-hydroxylation sites is 2. The molecule has 1 fully saturated rings. The van der Waals surface area contributed by atoms with Crippen LogP contribution in [0.5, 0.6) is 5.75 Å². The van der Waals surface area contributed by atoms with Crippen LogP contribution in [0.3, 0.4) is 0 Å². The Morgan fingerprint density at radius 1 is 1.23 bits per heavy atom. The highest BCUT2D eigenvalue weighted by Crippen LogP contribution is 2.30. The Morgan fingerprint density at radius 2 is 2.00 bits per heavy atom. The summed E-state index contributed by atoms with van der Waals surface area (Å²) in [5.74, 6) is 1.04. The average Bonchev–Trinajstić information content (AvgIpc) is 3.19. The number of carbonyl (C=O) groups excluding carboxylic acids is 1. The molecule has 0 bridgehead atoms. The summed E-state index contributed by atoms with van der Waals surface area (Å²) >= 11 is 0. The lowest BCUT2D eigenvalue weighted by molar-refractivity contribution is 0.0495. The highest BCUT2D eigenvalue weighted by atomic mass is 19.1. The van der Waals surface area contributed by atoms with Gasteiger partial charge in [0.2, 0.25) is 0 Å². The summed E-state index contributed by atoms with van der Waals surface area (Å²) in [4.78, 5) is 18.2. The molecular formula is C21H21FN4O4. The molecule has 0 radical (unpaired) electrons. The van der Waals surface area contributed by atoms with Crippen molar-refractivity contribution in [1.82, 2.24) is 15.0 Å². The van der Waals surface area contributed by atoms with E-state index in [-0.39, 0.29) is 17.8 Å².